The van der Waals surface area contributed by atoms with Gasteiger partial charge in [-0.2, -0.15) is 11.8 Å². The Hall–Kier alpha value is -0.220. The van der Waals surface area contributed by atoms with E-state index in [-0.39, 0.29) is 5.97 Å². The Labute approximate surface area is 83.4 Å². The van der Waals surface area contributed by atoms with E-state index in [4.69, 9.17) is 5.73 Å². The molecule has 76 valence electrons. The second-order valence-corrected chi connectivity index (χ2v) is 4.54. The number of esters is 1. The van der Waals surface area contributed by atoms with E-state index in [9.17, 15) is 4.79 Å². The molecule has 3 nitrogen and oxygen atoms in total. The third kappa shape index (κ3) is 3.56. The van der Waals surface area contributed by atoms with Crippen molar-refractivity contribution >= 4 is 17.7 Å². The van der Waals surface area contributed by atoms with Crippen molar-refractivity contribution < 1.29 is 9.53 Å². The van der Waals surface area contributed by atoms with Crippen LogP contribution in [0.1, 0.15) is 19.3 Å². The smallest absolute Gasteiger partial charge is 0.323 e. The molecular formula is C9H17NO2S. The number of carbonyl (C=O) groups is 1. The van der Waals surface area contributed by atoms with Gasteiger partial charge in [0.2, 0.25) is 0 Å². The van der Waals surface area contributed by atoms with Gasteiger partial charge in [-0.3, -0.25) is 4.79 Å². The highest BCUT2D eigenvalue weighted by Gasteiger charge is 2.19. The molecule has 0 amide bonds. The summed E-state index contributed by atoms with van der Waals surface area (Å²) in [5, 5.41) is 0. The lowest BCUT2D eigenvalue weighted by Gasteiger charge is -2.24. The van der Waals surface area contributed by atoms with Crippen LogP contribution in [0.15, 0.2) is 0 Å². The molecule has 0 aromatic carbocycles. The molecule has 4 heteroatoms. The molecule has 1 fully saturated rings. The van der Waals surface area contributed by atoms with Gasteiger partial charge in [-0.15, -0.1) is 0 Å². The van der Waals surface area contributed by atoms with Gasteiger partial charge in [-0.25, -0.2) is 0 Å². The molecule has 0 spiro atoms. The summed E-state index contributed by atoms with van der Waals surface area (Å²) in [6.07, 6.45) is 4.06. The number of hydrogen-bond acceptors (Lipinski definition) is 4. The highest BCUT2D eigenvalue weighted by molar-refractivity contribution is 7.99. The summed E-state index contributed by atoms with van der Waals surface area (Å²) in [4.78, 5) is 10.9. The predicted molar refractivity (Wildman–Crippen MR) is 54.7 cm³/mol. The Bertz CT molecular complexity index is 171. The van der Waals surface area contributed by atoms with E-state index in [1.807, 2.05) is 0 Å². The van der Waals surface area contributed by atoms with Gasteiger partial charge in [0.05, 0.1) is 7.11 Å². The highest BCUT2D eigenvalue weighted by Crippen LogP contribution is 2.29. The van der Waals surface area contributed by atoms with Gasteiger partial charge < -0.3 is 10.5 Å². The third-order valence-corrected chi connectivity index (χ3v) is 3.68. The van der Waals surface area contributed by atoms with Crippen LogP contribution in [-0.2, 0) is 9.53 Å². The van der Waals surface area contributed by atoms with Crippen LogP contribution < -0.4 is 5.73 Å². The number of hydrogen-bond donors (Lipinski definition) is 1. The van der Waals surface area contributed by atoms with Crippen LogP contribution in [0.25, 0.3) is 0 Å². The number of ether oxygens (including phenoxy) is 1. The Balaban J connectivity index is 2.00. The lowest BCUT2D eigenvalue weighted by atomic mass is 9.87. The highest BCUT2D eigenvalue weighted by atomic mass is 32.2. The average molecular weight is 203 g/mol. The summed E-state index contributed by atoms with van der Waals surface area (Å²) in [5.41, 5.74) is 5.58. The molecule has 1 aliphatic rings. The fraction of sp³-hybridized carbons (Fsp3) is 0.889. The van der Waals surface area contributed by atoms with Gasteiger partial charge in [0.25, 0.3) is 0 Å². The predicted octanol–water partition coefficient (Wildman–Crippen LogP) is 1.02. The maximum atomic E-state index is 10.9. The van der Waals surface area contributed by atoms with Crippen LogP contribution in [0, 0.1) is 5.92 Å². The van der Waals surface area contributed by atoms with E-state index in [1.54, 1.807) is 11.8 Å². The van der Waals surface area contributed by atoms with Crippen molar-refractivity contribution in [2.75, 3.05) is 18.6 Å². The first-order chi connectivity index (χ1) is 6.24. The molecule has 1 unspecified atom stereocenters. The maximum Gasteiger partial charge on any atom is 0.323 e. The van der Waals surface area contributed by atoms with Gasteiger partial charge in [0, 0.05) is 5.75 Å². The minimum absolute atomic E-state index is 0.305. The van der Waals surface area contributed by atoms with Crippen LogP contribution in [0.3, 0.4) is 0 Å². The first-order valence-electron chi connectivity index (χ1n) is 4.65. The number of carbonyl (C=O) groups excluding carboxylic acids is 1. The van der Waals surface area contributed by atoms with E-state index in [0.29, 0.717) is 5.75 Å². The standard InChI is InChI=1S/C9H17NO2S/c1-12-9(11)8(10)6-13-5-7-3-2-4-7/h7-8H,2-6,10H2,1H3. The molecule has 0 heterocycles. The molecule has 0 aromatic rings. The minimum atomic E-state index is -0.449. The Morgan fingerprint density at radius 2 is 2.38 bits per heavy atom. The summed E-state index contributed by atoms with van der Waals surface area (Å²) >= 11 is 1.76. The lowest BCUT2D eigenvalue weighted by molar-refractivity contribution is -0.141. The molecule has 0 aromatic heterocycles. The van der Waals surface area contributed by atoms with Crippen LogP contribution in [-0.4, -0.2) is 30.6 Å². The van der Waals surface area contributed by atoms with E-state index in [1.165, 1.54) is 26.4 Å². The molecule has 0 bridgehead atoms. The molecular weight excluding hydrogens is 186 g/mol. The monoisotopic (exact) mass is 203 g/mol. The fourth-order valence-corrected chi connectivity index (χ4v) is 2.43. The molecule has 1 rings (SSSR count). The quantitative estimate of drug-likeness (QED) is 0.678. The first kappa shape index (κ1) is 10.9. The molecule has 1 saturated carbocycles. The van der Waals surface area contributed by atoms with Crippen molar-refractivity contribution in [1.82, 2.24) is 0 Å². The molecule has 0 radical (unpaired) electrons. The van der Waals surface area contributed by atoms with Crippen molar-refractivity contribution in [3.8, 4) is 0 Å². The Kier molecular flexibility index (Phi) is 4.59. The van der Waals surface area contributed by atoms with Crippen molar-refractivity contribution in [3.63, 3.8) is 0 Å². The molecule has 2 N–H and O–H groups in total. The zero-order valence-corrected chi connectivity index (χ0v) is 8.81. The van der Waals surface area contributed by atoms with E-state index < -0.39 is 6.04 Å². The van der Waals surface area contributed by atoms with Gasteiger partial charge in [-0.1, -0.05) is 6.42 Å². The molecule has 0 saturated heterocycles. The third-order valence-electron chi connectivity index (χ3n) is 2.38. The minimum Gasteiger partial charge on any atom is -0.468 e. The Morgan fingerprint density at radius 3 is 2.85 bits per heavy atom. The van der Waals surface area contributed by atoms with E-state index in [0.717, 1.165) is 11.7 Å². The topological polar surface area (TPSA) is 52.3 Å². The fourth-order valence-electron chi connectivity index (χ4n) is 1.24. The van der Waals surface area contributed by atoms with Crippen LogP contribution >= 0.6 is 11.8 Å². The van der Waals surface area contributed by atoms with Crippen molar-refractivity contribution in [2.45, 2.75) is 25.3 Å². The maximum absolute atomic E-state index is 10.9. The van der Waals surface area contributed by atoms with Gasteiger partial charge in [-0.05, 0) is 24.5 Å². The second kappa shape index (κ2) is 5.50. The van der Waals surface area contributed by atoms with Crippen LogP contribution in [0.5, 0.6) is 0 Å². The number of methoxy groups -OCH3 is 1. The van der Waals surface area contributed by atoms with Gasteiger partial charge >= 0.3 is 5.97 Å². The number of nitrogens with two attached hydrogens (primary N) is 1. The summed E-state index contributed by atoms with van der Waals surface area (Å²) < 4.78 is 4.53. The lowest BCUT2D eigenvalue weighted by Crippen LogP contribution is -2.34. The van der Waals surface area contributed by atoms with Crippen molar-refractivity contribution in [2.24, 2.45) is 11.7 Å². The van der Waals surface area contributed by atoms with Gasteiger partial charge in [0.15, 0.2) is 0 Å². The summed E-state index contributed by atoms with van der Waals surface area (Å²) in [6.45, 7) is 0. The first-order valence-corrected chi connectivity index (χ1v) is 5.80. The molecule has 13 heavy (non-hydrogen) atoms. The average Bonchev–Trinajstić information content (AvgIpc) is 2.07. The summed E-state index contributed by atoms with van der Waals surface area (Å²) in [7, 11) is 1.37. The summed E-state index contributed by atoms with van der Waals surface area (Å²) in [6, 6.07) is -0.449. The van der Waals surface area contributed by atoms with Gasteiger partial charge in [0.1, 0.15) is 6.04 Å². The SMILES string of the molecule is COC(=O)C(N)CSCC1CCC1. The normalized spacial score (nSPS) is 19.2. The second-order valence-electron chi connectivity index (χ2n) is 3.46. The molecule has 1 aliphatic carbocycles. The zero-order valence-electron chi connectivity index (χ0n) is 7.99. The van der Waals surface area contributed by atoms with Crippen molar-refractivity contribution in [1.29, 1.82) is 0 Å². The van der Waals surface area contributed by atoms with E-state index in [2.05, 4.69) is 4.74 Å². The Morgan fingerprint density at radius 1 is 1.69 bits per heavy atom. The number of rotatable bonds is 5. The van der Waals surface area contributed by atoms with Crippen LogP contribution in [0.4, 0.5) is 0 Å². The van der Waals surface area contributed by atoms with E-state index >= 15 is 0 Å². The molecule has 1 atom stereocenters. The summed E-state index contributed by atoms with van der Waals surface area (Å²) in [5.74, 6) is 2.39. The number of thioether (sulfide) groups is 1. The largest absolute Gasteiger partial charge is 0.468 e. The zero-order chi connectivity index (χ0) is 9.68. The van der Waals surface area contributed by atoms with Crippen molar-refractivity contribution in [3.05, 3.63) is 0 Å². The molecule has 0 aliphatic heterocycles. The van der Waals surface area contributed by atoms with Crippen LogP contribution in [0.2, 0.25) is 0 Å².